The Bertz CT molecular complexity index is 204. The van der Waals surface area contributed by atoms with Crippen molar-refractivity contribution in [3.05, 3.63) is 12.7 Å². The number of hydrogen-bond donors (Lipinski definition) is 1. The molecule has 1 fully saturated rings. The van der Waals surface area contributed by atoms with Crippen LogP contribution in [0.25, 0.3) is 0 Å². The molecule has 1 rings (SSSR count). The van der Waals surface area contributed by atoms with Gasteiger partial charge in [0.1, 0.15) is 5.78 Å². The van der Waals surface area contributed by atoms with Gasteiger partial charge in [-0.25, -0.2) is 0 Å². The molecule has 0 atom stereocenters. The molecule has 1 saturated carbocycles. The fraction of sp³-hybridized carbons (Fsp3) is 0.500. The molecule has 0 heterocycles. The van der Waals surface area contributed by atoms with Crippen molar-refractivity contribution in [2.45, 2.75) is 19.3 Å². The minimum absolute atomic E-state index is 0.0363. The van der Waals surface area contributed by atoms with Crippen molar-refractivity contribution < 1.29 is 14.7 Å². The second-order valence-corrected chi connectivity index (χ2v) is 2.97. The van der Waals surface area contributed by atoms with Gasteiger partial charge in [0.2, 0.25) is 0 Å². The van der Waals surface area contributed by atoms with Crippen molar-refractivity contribution in [3.63, 3.8) is 0 Å². The van der Waals surface area contributed by atoms with Crippen LogP contribution in [0.3, 0.4) is 0 Å². The highest BCUT2D eigenvalue weighted by atomic mass is 16.4. The first kappa shape index (κ1) is 7.98. The summed E-state index contributed by atoms with van der Waals surface area (Å²) >= 11 is 0. The normalized spacial score (nSPS) is 20.5. The number of hydrogen-bond acceptors (Lipinski definition) is 2. The van der Waals surface area contributed by atoms with E-state index in [2.05, 4.69) is 6.58 Å². The van der Waals surface area contributed by atoms with Gasteiger partial charge in [-0.15, -0.1) is 6.58 Å². The van der Waals surface area contributed by atoms with Crippen molar-refractivity contribution in [2.24, 2.45) is 5.41 Å². The summed E-state index contributed by atoms with van der Waals surface area (Å²) in [6, 6.07) is 0. The summed E-state index contributed by atoms with van der Waals surface area (Å²) in [4.78, 5) is 21.2. The van der Waals surface area contributed by atoms with Crippen molar-refractivity contribution in [3.8, 4) is 0 Å². The molecule has 60 valence electrons. The van der Waals surface area contributed by atoms with Gasteiger partial charge in [-0.3, -0.25) is 9.59 Å². The zero-order valence-corrected chi connectivity index (χ0v) is 6.17. The van der Waals surface area contributed by atoms with Gasteiger partial charge in [0.05, 0.1) is 5.41 Å². The number of Topliss-reactive ketones (excluding diaryl/α,β-unsaturated/α-hetero) is 1. The molecule has 0 aromatic rings. The van der Waals surface area contributed by atoms with Gasteiger partial charge in [-0.1, -0.05) is 6.08 Å². The number of ketones is 1. The van der Waals surface area contributed by atoms with Crippen LogP contribution in [0.2, 0.25) is 0 Å². The molecule has 0 amide bonds. The van der Waals surface area contributed by atoms with E-state index in [1.165, 1.54) is 0 Å². The molecule has 0 aromatic heterocycles. The van der Waals surface area contributed by atoms with Gasteiger partial charge in [-0.2, -0.15) is 0 Å². The lowest BCUT2D eigenvalue weighted by molar-refractivity contribution is -0.160. The molecule has 0 saturated heterocycles. The molecule has 1 aliphatic rings. The van der Waals surface area contributed by atoms with E-state index < -0.39 is 11.4 Å². The zero-order chi connectivity index (χ0) is 8.48. The third-order valence-corrected chi connectivity index (χ3v) is 2.06. The van der Waals surface area contributed by atoms with E-state index in [9.17, 15) is 9.59 Å². The Morgan fingerprint density at radius 3 is 2.55 bits per heavy atom. The van der Waals surface area contributed by atoms with Crippen molar-refractivity contribution in [2.75, 3.05) is 0 Å². The van der Waals surface area contributed by atoms with E-state index >= 15 is 0 Å². The number of rotatable bonds is 3. The summed E-state index contributed by atoms with van der Waals surface area (Å²) in [6.45, 7) is 3.46. The first-order valence-corrected chi connectivity index (χ1v) is 3.47. The van der Waals surface area contributed by atoms with Crippen LogP contribution in [0.15, 0.2) is 12.7 Å². The van der Waals surface area contributed by atoms with Crippen LogP contribution in [-0.2, 0) is 9.59 Å². The summed E-state index contributed by atoms with van der Waals surface area (Å²) in [6.07, 6.45) is 2.30. The summed E-state index contributed by atoms with van der Waals surface area (Å²) < 4.78 is 0. The van der Waals surface area contributed by atoms with Crippen LogP contribution >= 0.6 is 0 Å². The Hall–Kier alpha value is -1.12. The molecule has 1 aliphatic carbocycles. The number of carbonyl (C=O) groups is 2. The van der Waals surface area contributed by atoms with E-state index in [4.69, 9.17) is 5.11 Å². The van der Waals surface area contributed by atoms with Crippen LogP contribution in [0.5, 0.6) is 0 Å². The third-order valence-electron chi connectivity index (χ3n) is 2.06. The molecule has 0 spiro atoms. The van der Waals surface area contributed by atoms with Crippen LogP contribution in [0.1, 0.15) is 19.3 Å². The summed E-state index contributed by atoms with van der Waals surface area (Å²) in [5.74, 6) is -0.841. The minimum atomic E-state index is -0.878. The van der Waals surface area contributed by atoms with Crippen LogP contribution < -0.4 is 0 Å². The minimum Gasteiger partial charge on any atom is -0.481 e. The summed E-state index contributed by atoms with van der Waals surface area (Å²) in [5, 5.41) is 8.73. The van der Waals surface area contributed by atoms with Crippen LogP contribution in [0.4, 0.5) is 0 Å². The lowest BCUT2D eigenvalue weighted by Crippen LogP contribution is -2.43. The van der Waals surface area contributed by atoms with E-state index in [1.54, 1.807) is 6.08 Å². The number of carbonyl (C=O) groups excluding carboxylic acids is 1. The van der Waals surface area contributed by atoms with E-state index in [-0.39, 0.29) is 18.6 Å². The monoisotopic (exact) mass is 154 g/mol. The molecule has 0 radical (unpaired) electrons. The fourth-order valence-electron chi connectivity index (χ4n) is 1.36. The highest BCUT2D eigenvalue weighted by Gasteiger charge is 2.48. The van der Waals surface area contributed by atoms with Crippen LogP contribution in [-0.4, -0.2) is 16.9 Å². The Morgan fingerprint density at radius 2 is 2.27 bits per heavy atom. The highest BCUT2D eigenvalue weighted by molar-refractivity contribution is 5.97. The highest BCUT2D eigenvalue weighted by Crippen LogP contribution is 2.41. The Morgan fingerprint density at radius 1 is 1.73 bits per heavy atom. The molecule has 0 bridgehead atoms. The van der Waals surface area contributed by atoms with Crippen molar-refractivity contribution in [1.82, 2.24) is 0 Å². The molecule has 0 unspecified atom stereocenters. The van der Waals surface area contributed by atoms with Crippen molar-refractivity contribution >= 4 is 11.8 Å². The first-order chi connectivity index (χ1) is 5.10. The molecule has 11 heavy (non-hydrogen) atoms. The SMILES string of the molecule is C=CCC1(C(=O)O)CC(=O)C1. The van der Waals surface area contributed by atoms with E-state index in [0.29, 0.717) is 6.42 Å². The van der Waals surface area contributed by atoms with Gasteiger partial charge in [-0.05, 0) is 6.42 Å². The van der Waals surface area contributed by atoms with E-state index in [0.717, 1.165) is 0 Å². The first-order valence-electron chi connectivity index (χ1n) is 3.47. The maximum Gasteiger partial charge on any atom is 0.310 e. The Kier molecular flexibility index (Phi) is 1.81. The average molecular weight is 154 g/mol. The molecular formula is C8H10O3. The number of carboxylic acids is 1. The maximum atomic E-state index is 10.6. The van der Waals surface area contributed by atoms with E-state index in [1.807, 2.05) is 0 Å². The van der Waals surface area contributed by atoms with Gasteiger partial charge < -0.3 is 5.11 Å². The molecule has 0 aromatic carbocycles. The number of aliphatic carboxylic acids is 1. The maximum absolute atomic E-state index is 10.6. The molecule has 0 aliphatic heterocycles. The summed E-state index contributed by atoms with van der Waals surface area (Å²) in [7, 11) is 0. The quantitative estimate of drug-likeness (QED) is 0.617. The van der Waals surface area contributed by atoms with Gasteiger partial charge in [0.15, 0.2) is 0 Å². The number of carboxylic acid groups (broad SMARTS) is 1. The Balaban J connectivity index is 2.67. The smallest absolute Gasteiger partial charge is 0.310 e. The standard InChI is InChI=1S/C8H10O3/c1-2-3-8(7(10)11)4-6(9)5-8/h2H,1,3-5H2,(H,10,11). The van der Waals surface area contributed by atoms with Gasteiger partial charge in [0.25, 0.3) is 0 Å². The Labute approximate surface area is 64.7 Å². The summed E-state index contributed by atoms with van der Waals surface area (Å²) in [5.41, 5.74) is -0.807. The zero-order valence-electron chi connectivity index (χ0n) is 6.17. The van der Waals surface area contributed by atoms with Gasteiger partial charge >= 0.3 is 5.97 Å². The van der Waals surface area contributed by atoms with Crippen LogP contribution in [0, 0.1) is 5.41 Å². The third kappa shape index (κ3) is 1.18. The predicted molar refractivity (Wildman–Crippen MR) is 39.1 cm³/mol. The average Bonchev–Trinajstić information content (AvgIpc) is 1.84. The largest absolute Gasteiger partial charge is 0.481 e. The lowest BCUT2D eigenvalue weighted by Gasteiger charge is -2.34. The molecule has 3 nitrogen and oxygen atoms in total. The van der Waals surface area contributed by atoms with Gasteiger partial charge in [0, 0.05) is 12.8 Å². The molecule has 3 heteroatoms. The fourth-order valence-corrected chi connectivity index (χ4v) is 1.36. The lowest BCUT2D eigenvalue weighted by atomic mass is 9.66. The second kappa shape index (κ2) is 2.49. The number of allylic oxidation sites excluding steroid dienone is 1. The molecular weight excluding hydrogens is 144 g/mol. The predicted octanol–water partition coefficient (Wildman–Crippen LogP) is 0.996. The van der Waals surface area contributed by atoms with Crippen molar-refractivity contribution in [1.29, 1.82) is 0 Å². The molecule has 1 N–H and O–H groups in total. The topological polar surface area (TPSA) is 54.4 Å². The second-order valence-electron chi connectivity index (χ2n) is 2.97.